The summed E-state index contributed by atoms with van der Waals surface area (Å²) >= 11 is 2.17. The molecule has 2 rings (SSSR count). The Labute approximate surface area is 114 Å². The van der Waals surface area contributed by atoms with Crippen molar-refractivity contribution in [3.05, 3.63) is 57.9 Å². The van der Waals surface area contributed by atoms with Crippen molar-refractivity contribution in [3.63, 3.8) is 0 Å². The normalized spacial score (nSPS) is 10.0. The number of carbonyl (C=O) groups is 1. The molecule has 0 aliphatic carbocycles. The standard InChI is InChI=1S/C13H11IN2O/c1-16(10-5-4-8-15-9-10)13(17)11-6-2-3-7-12(11)14/h2-9H,1H3. The topological polar surface area (TPSA) is 33.2 Å². The lowest BCUT2D eigenvalue weighted by Gasteiger charge is -2.17. The van der Waals surface area contributed by atoms with Gasteiger partial charge < -0.3 is 4.90 Å². The molecule has 0 unspecified atom stereocenters. The summed E-state index contributed by atoms with van der Waals surface area (Å²) in [6, 6.07) is 11.2. The van der Waals surface area contributed by atoms with Gasteiger partial charge in [-0.2, -0.15) is 0 Å². The predicted molar refractivity (Wildman–Crippen MR) is 76.1 cm³/mol. The third-order valence-electron chi connectivity index (χ3n) is 2.44. The molecular formula is C13H11IN2O. The highest BCUT2D eigenvalue weighted by atomic mass is 127. The molecule has 0 radical (unpaired) electrons. The van der Waals surface area contributed by atoms with Gasteiger partial charge in [-0.1, -0.05) is 12.1 Å². The van der Waals surface area contributed by atoms with E-state index in [9.17, 15) is 4.79 Å². The van der Waals surface area contributed by atoms with Crippen LogP contribution in [0.5, 0.6) is 0 Å². The minimum Gasteiger partial charge on any atom is -0.310 e. The maximum Gasteiger partial charge on any atom is 0.259 e. The lowest BCUT2D eigenvalue weighted by Crippen LogP contribution is -2.26. The Morgan fingerprint density at radius 1 is 1.24 bits per heavy atom. The largest absolute Gasteiger partial charge is 0.310 e. The third-order valence-corrected chi connectivity index (χ3v) is 3.38. The number of rotatable bonds is 2. The van der Waals surface area contributed by atoms with Crippen molar-refractivity contribution in [2.45, 2.75) is 0 Å². The lowest BCUT2D eigenvalue weighted by atomic mass is 10.2. The van der Waals surface area contributed by atoms with E-state index in [4.69, 9.17) is 0 Å². The number of anilines is 1. The second kappa shape index (κ2) is 5.27. The van der Waals surface area contributed by atoms with Crippen LogP contribution in [0.4, 0.5) is 5.69 Å². The van der Waals surface area contributed by atoms with Crippen molar-refractivity contribution in [2.24, 2.45) is 0 Å². The van der Waals surface area contributed by atoms with Crippen molar-refractivity contribution in [2.75, 3.05) is 11.9 Å². The Morgan fingerprint density at radius 3 is 2.65 bits per heavy atom. The van der Waals surface area contributed by atoms with Gasteiger partial charge in [0, 0.05) is 16.8 Å². The van der Waals surface area contributed by atoms with E-state index >= 15 is 0 Å². The molecule has 0 atom stereocenters. The second-order valence-electron chi connectivity index (χ2n) is 3.56. The van der Waals surface area contributed by atoms with Crippen LogP contribution in [-0.4, -0.2) is 17.9 Å². The summed E-state index contributed by atoms with van der Waals surface area (Å²) in [6.45, 7) is 0. The van der Waals surface area contributed by atoms with E-state index in [0.717, 1.165) is 9.26 Å². The summed E-state index contributed by atoms with van der Waals surface area (Å²) in [5, 5.41) is 0. The Bertz CT molecular complexity index is 528. The molecule has 0 fully saturated rings. The SMILES string of the molecule is CN(C(=O)c1ccccc1I)c1cccnc1. The van der Waals surface area contributed by atoms with Gasteiger partial charge in [0.25, 0.3) is 5.91 Å². The van der Waals surface area contributed by atoms with Gasteiger partial charge in [-0.15, -0.1) is 0 Å². The van der Waals surface area contributed by atoms with Gasteiger partial charge in [0.1, 0.15) is 0 Å². The zero-order valence-corrected chi connectivity index (χ0v) is 11.5. The summed E-state index contributed by atoms with van der Waals surface area (Å²) in [5.74, 6) is -0.0250. The number of pyridine rings is 1. The summed E-state index contributed by atoms with van der Waals surface area (Å²) in [5.41, 5.74) is 1.50. The molecule has 0 bridgehead atoms. The molecule has 3 nitrogen and oxygen atoms in total. The minimum absolute atomic E-state index is 0.0250. The summed E-state index contributed by atoms with van der Waals surface area (Å²) in [4.78, 5) is 17.9. The van der Waals surface area contributed by atoms with Crippen LogP contribution in [0.1, 0.15) is 10.4 Å². The smallest absolute Gasteiger partial charge is 0.259 e. The number of benzene rings is 1. The molecule has 1 aromatic carbocycles. The van der Waals surface area contributed by atoms with Gasteiger partial charge in [0.05, 0.1) is 17.4 Å². The molecule has 1 aromatic heterocycles. The zero-order valence-electron chi connectivity index (χ0n) is 9.30. The number of hydrogen-bond acceptors (Lipinski definition) is 2. The van der Waals surface area contributed by atoms with Crippen LogP contribution in [0.2, 0.25) is 0 Å². The fourth-order valence-corrected chi connectivity index (χ4v) is 2.10. The van der Waals surface area contributed by atoms with Crippen molar-refractivity contribution in [1.29, 1.82) is 0 Å². The highest BCUT2D eigenvalue weighted by Gasteiger charge is 2.15. The lowest BCUT2D eigenvalue weighted by molar-refractivity contribution is 0.0992. The molecule has 0 saturated heterocycles. The van der Waals surface area contributed by atoms with Crippen LogP contribution in [0.3, 0.4) is 0 Å². The number of hydrogen-bond donors (Lipinski definition) is 0. The number of carbonyl (C=O) groups excluding carboxylic acids is 1. The number of amides is 1. The van der Waals surface area contributed by atoms with Gasteiger partial charge in [-0.3, -0.25) is 9.78 Å². The van der Waals surface area contributed by atoms with Crippen LogP contribution in [-0.2, 0) is 0 Å². The summed E-state index contributed by atoms with van der Waals surface area (Å²) in [7, 11) is 1.75. The van der Waals surface area contributed by atoms with Gasteiger partial charge in [0.2, 0.25) is 0 Å². The molecule has 0 aliphatic rings. The average molecular weight is 338 g/mol. The van der Waals surface area contributed by atoms with E-state index in [1.807, 2.05) is 36.4 Å². The van der Waals surface area contributed by atoms with E-state index in [0.29, 0.717) is 5.56 Å². The quantitative estimate of drug-likeness (QED) is 0.789. The van der Waals surface area contributed by atoms with E-state index in [2.05, 4.69) is 27.6 Å². The van der Waals surface area contributed by atoms with Gasteiger partial charge >= 0.3 is 0 Å². The van der Waals surface area contributed by atoms with Gasteiger partial charge in [-0.05, 0) is 46.9 Å². The Kier molecular flexibility index (Phi) is 3.73. The van der Waals surface area contributed by atoms with Crippen molar-refractivity contribution < 1.29 is 4.79 Å². The maximum atomic E-state index is 12.3. The molecule has 1 amide bonds. The number of nitrogens with zero attached hydrogens (tertiary/aromatic N) is 2. The first-order valence-electron chi connectivity index (χ1n) is 5.13. The second-order valence-corrected chi connectivity index (χ2v) is 4.72. The van der Waals surface area contributed by atoms with E-state index in [-0.39, 0.29) is 5.91 Å². The molecule has 4 heteroatoms. The van der Waals surface area contributed by atoms with Crippen LogP contribution in [0.15, 0.2) is 48.8 Å². The molecular weight excluding hydrogens is 327 g/mol. The highest BCUT2D eigenvalue weighted by Crippen LogP contribution is 2.17. The summed E-state index contributed by atoms with van der Waals surface area (Å²) in [6.07, 6.45) is 3.36. The predicted octanol–water partition coefficient (Wildman–Crippen LogP) is 2.96. The van der Waals surface area contributed by atoms with Crippen molar-refractivity contribution in [1.82, 2.24) is 4.98 Å². The molecule has 0 N–H and O–H groups in total. The Hall–Kier alpha value is -1.43. The van der Waals surface area contributed by atoms with E-state index < -0.39 is 0 Å². The zero-order chi connectivity index (χ0) is 12.3. The van der Waals surface area contributed by atoms with Crippen LogP contribution < -0.4 is 4.90 Å². The summed E-state index contributed by atoms with van der Waals surface area (Å²) < 4.78 is 0.950. The molecule has 0 spiro atoms. The molecule has 0 saturated carbocycles. The third kappa shape index (κ3) is 2.63. The minimum atomic E-state index is -0.0250. The first kappa shape index (κ1) is 12.0. The molecule has 86 valence electrons. The van der Waals surface area contributed by atoms with Crippen LogP contribution in [0.25, 0.3) is 0 Å². The average Bonchev–Trinajstić information content (AvgIpc) is 2.39. The van der Waals surface area contributed by atoms with Gasteiger partial charge in [0.15, 0.2) is 0 Å². The first-order chi connectivity index (χ1) is 8.20. The molecule has 0 aliphatic heterocycles. The number of halogens is 1. The van der Waals surface area contributed by atoms with Gasteiger partial charge in [-0.25, -0.2) is 0 Å². The van der Waals surface area contributed by atoms with Crippen LogP contribution in [0, 0.1) is 3.57 Å². The van der Waals surface area contributed by atoms with E-state index in [1.54, 1.807) is 24.3 Å². The maximum absolute atomic E-state index is 12.3. The monoisotopic (exact) mass is 338 g/mol. The van der Waals surface area contributed by atoms with Crippen LogP contribution >= 0.6 is 22.6 Å². The Balaban J connectivity index is 2.30. The molecule has 2 aromatic rings. The highest BCUT2D eigenvalue weighted by molar-refractivity contribution is 14.1. The number of aromatic nitrogens is 1. The molecule has 17 heavy (non-hydrogen) atoms. The van der Waals surface area contributed by atoms with Crippen molar-refractivity contribution in [3.8, 4) is 0 Å². The first-order valence-corrected chi connectivity index (χ1v) is 6.20. The Morgan fingerprint density at radius 2 is 2.00 bits per heavy atom. The fourth-order valence-electron chi connectivity index (χ4n) is 1.48. The van der Waals surface area contributed by atoms with Crippen molar-refractivity contribution >= 4 is 34.2 Å². The van der Waals surface area contributed by atoms with E-state index in [1.165, 1.54) is 0 Å². The fraction of sp³-hybridized carbons (Fsp3) is 0.0769. The molecule has 1 heterocycles.